The van der Waals surface area contributed by atoms with Crippen LogP contribution in [0.4, 0.5) is 13.2 Å². The van der Waals surface area contributed by atoms with E-state index in [9.17, 15) is 31.2 Å². The number of esters is 2. The van der Waals surface area contributed by atoms with Crippen molar-refractivity contribution in [2.75, 3.05) is 20.3 Å². The van der Waals surface area contributed by atoms with E-state index in [0.717, 1.165) is 13.2 Å². The molecule has 0 atom stereocenters. The predicted octanol–water partition coefficient (Wildman–Crippen LogP) is -0.302. The third-order valence-electron chi connectivity index (χ3n) is 1.50. The summed E-state index contributed by atoms with van der Waals surface area (Å²) in [6.07, 6.45) is 1.42. The first-order valence-electron chi connectivity index (χ1n) is 4.59. The number of carbonyl (C=O) groups is 2. The molecular formula is C8H10F3NO6S. The Morgan fingerprint density at radius 2 is 1.74 bits per heavy atom. The molecule has 0 saturated carbocycles. The van der Waals surface area contributed by atoms with Gasteiger partial charge in [0.05, 0.1) is 7.11 Å². The van der Waals surface area contributed by atoms with Crippen molar-refractivity contribution in [3.63, 3.8) is 0 Å². The lowest BCUT2D eigenvalue weighted by Gasteiger charge is -2.08. The minimum atomic E-state index is -5.46. The number of nitrogens with one attached hydrogen (secondary N) is 1. The molecule has 0 spiro atoms. The van der Waals surface area contributed by atoms with Gasteiger partial charge in [0.2, 0.25) is 0 Å². The molecule has 0 aliphatic rings. The number of carbonyl (C=O) groups excluding carboxylic acids is 2. The maximum absolute atomic E-state index is 11.8. The van der Waals surface area contributed by atoms with Gasteiger partial charge in [-0.1, -0.05) is 0 Å². The molecule has 0 fully saturated rings. The summed E-state index contributed by atoms with van der Waals surface area (Å²) >= 11 is 0. The molecule has 0 bridgehead atoms. The van der Waals surface area contributed by atoms with Crippen molar-refractivity contribution in [3.8, 4) is 0 Å². The number of ether oxygens (including phenoxy) is 2. The summed E-state index contributed by atoms with van der Waals surface area (Å²) < 4.78 is 66.2. The molecular weight excluding hydrogens is 295 g/mol. The maximum Gasteiger partial charge on any atom is 0.511 e. The number of hydrogen-bond donors (Lipinski definition) is 1. The lowest BCUT2D eigenvalue weighted by atomic mass is 10.5. The average Bonchev–Trinajstić information content (AvgIpc) is 2.30. The van der Waals surface area contributed by atoms with Crippen molar-refractivity contribution in [3.05, 3.63) is 12.2 Å². The van der Waals surface area contributed by atoms with Crippen LogP contribution in [0.5, 0.6) is 0 Å². The second-order valence-electron chi connectivity index (χ2n) is 2.87. The SMILES string of the molecule is COC(=O)C=CC(=O)OCCNS(=O)(=O)C(F)(F)F. The molecule has 0 heterocycles. The summed E-state index contributed by atoms with van der Waals surface area (Å²) in [5.74, 6) is -1.86. The summed E-state index contributed by atoms with van der Waals surface area (Å²) in [7, 11) is -4.39. The quantitative estimate of drug-likeness (QED) is 0.411. The van der Waals surface area contributed by atoms with Gasteiger partial charge >= 0.3 is 27.5 Å². The average molecular weight is 305 g/mol. The normalized spacial score (nSPS) is 12.4. The second-order valence-corrected chi connectivity index (χ2v) is 4.63. The van der Waals surface area contributed by atoms with Crippen LogP contribution in [0, 0.1) is 0 Å². The molecule has 19 heavy (non-hydrogen) atoms. The number of hydrogen-bond acceptors (Lipinski definition) is 6. The van der Waals surface area contributed by atoms with Crippen LogP contribution in [0.25, 0.3) is 0 Å². The summed E-state index contributed by atoms with van der Waals surface area (Å²) in [5, 5.41) is 0. The van der Waals surface area contributed by atoms with E-state index in [1.54, 1.807) is 0 Å². The van der Waals surface area contributed by atoms with Crippen LogP contribution in [-0.2, 0) is 29.1 Å². The van der Waals surface area contributed by atoms with Crippen LogP contribution in [0.15, 0.2) is 12.2 Å². The van der Waals surface area contributed by atoms with Crippen LogP contribution >= 0.6 is 0 Å². The first-order valence-corrected chi connectivity index (χ1v) is 6.07. The van der Waals surface area contributed by atoms with Gasteiger partial charge in [0.15, 0.2) is 0 Å². The molecule has 0 aromatic heterocycles. The van der Waals surface area contributed by atoms with Crippen molar-refractivity contribution < 1.29 is 40.7 Å². The Morgan fingerprint density at radius 3 is 2.21 bits per heavy atom. The van der Waals surface area contributed by atoms with Crippen molar-refractivity contribution in [1.29, 1.82) is 0 Å². The molecule has 0 aliphatic carbocycles. The number of rotatable bonds is 6. The molecule has 0 aromatic rings. The summed E-state index contributed by atoms with van der Waals surface area (Å²) in [6.45, 7) is -1.38. The van der Waals surface area contributed by atoms with Crippen LogP contribution < -0.4 is 4.72 Å². The van der Waals surface area contributed by atoms with Gasteiger partial charge in [0.1, 0.15) is 6.61 Å². The van der Waals surface area contributed by atoms with E-state index in [-0.39, 0.29) is 0 Å². The van der Waals surface area contributed by atoms with Gasteiger partial charge in [-0.3, -0.25) is 0 Å². The Morgan fingerprint density at radius 1 is 1.21 bits per heavy atom. The van der Waals surface area contributed by atoms with Crippen molar-refractivity contribution in [2.24, 2.45) is 0 Å². The number of alkyl halides is 3. The highest BCUT2D eigenvalue weighted by atomic mass is 32.2. The molecule has 110 valence electrons. The molecule has 0 aliphatic heterocycles. The van der Waals surface area contributed by atoms with Crippen LogP contribution in [-0.4, -0.2) is 46.1 Å². The van der Waals surface area contributed by atoms with E-state index in [0.29, 0.717) is 6.08 Å². The number of sulfonamides is 1. The molecule has 7 nitrogen and oxygen atoms in total. The fourth-order valence-corrected chi connectivity index (χ4v) is 1.18. The Labute approximate surface area is 106 Å². The lowest BCUT2D eigenvalue weighted by molar-refractivity contribution is -0.139. The zero-order valence-corrected chi connectivity index (χ0v) is 10.4. The van der Waals surface area contributed by atoms with Gasteiger partial charge in [-0.15, -0.1) is 0 Å². The Balaban J connectivity index is 4.04. The highest BCUT2D eigenvalue weighted by Crippen LogP contribution is 2.21. The molecule has 0 saturated heterocycles. The molecule has 11 heteroatoms. The molecule has 1 N–H and O–H groups in total. The third-order valence-corrected chi connectivity index (χ3v) is 2.69. The standard InChI is InChI=1S/C8H10F3NO6S/c1-17-6(13)2-3-7(14)18-5-4-12-19(15,16)8(9,10)11/h2-3,12H,4-5H2,1H3. The van der Waals surface area contributed by atoms with E-state index in [4.69, 9.17) is 0 Å². The van der Waals surface area contributed by atoms with E-state index in [2.05, 4.69) is 9.47 Å². The van der Waals surface area contributed by atoms with Gasteiger partial charge in [-0.2, -0.15) is 13.2 Å². The first kappa shape index (κ1) is 17.4. The third kappa shape index (κ3) is 6.76. The Kier molecular flexibility index (Phi) is 6.48. The Hall–Kier alpha value is -1.62. The van der Waals surface area contributed by atoms with Gasteiger partial charge in [-0.05, 0) is 0 Å². The topological polar surface area (TPSA) is 98.8 Å². The van der Waals surface area contributed by atoms with E-state index in [1.165, 1.54) is 4.72 Å². The summed E-state index contributed by atoms with van der Waals surface area (Å²) in [4.78, 5) is 21.4. The van der Waals surface area contributed by atoms with E-state index >= 15 is 0 Å². The van der Waals surface area contributed by atoms with E-state index < -0.39 is 40.6 Å². The smallest absolute Gasteiger partial charge is 0.466 e. The van der Waals surface area contributed by atoms with Crippen LogP contribution in [0.3, 0.4) is 0 Å². The number of methoxy groups -OCH3 is 1. The van der Waals surface area contributed by atoms with Crippen LogP contribution in [0.1, 0.15) is 0 Å². The minimum Gasteiger partial charge on any atom is -0.466 e. The highest BCUT2D eigenvalue weighted by molar-refractivity contribution is 7.90. The largest absolute Gasteiger partial charge is 0.511 e. The summed E-state index contributed by atoms with van der Waals surface area (Å²) in [6, 6.07) is 0. The molecule has 0 aromatic carbocycles. The van der Waals surface area contributed by atoms with Gasteiger partial charge in [0.25, 0.3) is 0 Å². The zero-order chi connectivity index (χ0) is 15.1. The van der Waals surface area contributed by atoms with Crippen molar-refractivity contribution >= 4 is 22.0 Å². The summed E-state index contributed by atoms with van der Waals surface area (Å²) in [5.41, 5.74) is -5.43. The zero-order valence-electron chi connectivity index (χ0n) is 9.56. The highest BCUT2D eigenvalue weighted by Gasteiger charge is 2.45. The molecule has 0 amide bonds. The first-order chi connectivity index (χ1) is 8.60. The fourth-order valence-electron chi connectivity index (χ4n) is 0.662. The molecule has 0 unspecified atom stereocenters. The van der Waals surface area contributed by atoms with Crippen molar-refractivity contribution in [1.82, 2.24) is 4.72 Å². The molecule has 0 radical (unpaired) electrons. The fraction of sp³-hybridized carbons (Fsp3) is 0.500. The lowest BCUT2D eigenvalue weighted by Crippen LogP contribution is -2.38. The Bertz CT molecular complexity index is 456. The minimum absolute atomic E-state index is 0.625. The maximum atomic E-state index is 11.8. The van der Waals surface area contributed by atoms with Gasteiger partial charge in [0, 0.05) is 18.7 Å². The van der Waals surface area contributed by atoms with Crippen molar-refractivity contribution in [2.45, 2.75) is 5.51 Å². The van der Waals surface area contributed by atoms with Crippen LogP contribution in [0.2, 0.25) is 0 Å². The second kappa shape index (κ2) is 7.09. The van der Waals surface area contributed by atoms with Gasteiger partial charge < -0.3 is 9.47 Å². The monoisotopic (exact) mass is 305 g/mol. The molecule has 0 rings (SSSR count). The van der Waals surface area contributed by atoms with Gasteiger partial charge in [-0.25, -0.2) is 22.7 Å². The number of halogens is 3. The van der Waals surface area contributed by atoms with E-state index in [1.807, 2.05) is 0 Å². The predicted molar refractivity (Wildman–Crippen MR) is 55.1 cm³/mol.